The molecule has 0 amide bonds. The highest BCUT2D eigenvalue weighted by atomic mass is 16.8. The van der Waals surface area contributed by atoms with Crippen molar-refractivity contribution in [1.82, 2.24) is 0 Å². The van der Waals surface area contributed by atoms with Gasteiger partial charge in [0.15, 0.2) is 30.7 Å². The molecule has 47 heavy (non-hydrogen) atoms. The van der Waals surface area contributed by atoms with Crippen LogP contribution in [0.4, 0.5) is 0 Å². The summed E-state index contributed by atoms with van der Waals surface area (Å²) >= 11 is 0. The topological polar surface area (TPSA) is 238 Å². The van der Waals surface area contributed by atoms with E-state index in [1.807, 2.05) is 0 Å². The van der Waals surface area contributed by atoms with Crippen LogP contribution in [0.15, 0.2) is 0 Å². The molecule has 6 unspecified atom stereocenters. The summed E-state index contributed by atoms with van der Waals surface area (Å²) in [5.41, 5.74) is 0. The number of carbonyl (C=O) groups excluding carboxylic acids is 8. The second-order valence-corrected chi connectivity index (χ2v) is 10.3. The van der Waals surface area contributed by atoms with Crippen molar-refractivity contribution in [3.63, 3.8) is 0 Å². The molecule has 2 fully saturated rings. The van der Waals surface area contributed by atoms with Gasteiger partial charge in [-0.3, -0.25) is 38.4 Å². The van der Waals surface area contributed by atoms with Crippen molar-refractivity contribution in [1.29, 1.82) is 0 Å². The van der Waals surface area contributed by atoms with E-state index < -0.39 is 122 Å². The van der Waals surface area contributed by atoms with Crippen molar-refractivity contribution in [3.05, 3.63) is 0 Å². The molecule has 2 saturated heterocycles. The molecule has 0 radical (unpaired) electrons. The van der Waals surface area contributed by atoms with Crippen molar-refractivity contribution in [2.24, 2.45) is 0 Å². The fourth-order valence-electron chi connectivity index (χ4n) is 4.73. The van der Waals surface area contributed by atoms with Crippen molar-refractivity contribution in [2.75, 3.05) is 13.2 Å². The number of ether oxygens (including phenoxy) is 11. The lowest BCUT2D eigenvalue weighted by Crippen LogP contribution is -2.67. The van der Waals surface area contributed by atoms with Gasteiger partial charge in [-0.25, -0.2) is 0 Å². The summed E-state index contributed by atoms with van der Waals surface area (Å²) in [6.45, 7) is 7.05. The normalized spacial score (nSPS) is 30.0. The molecule has 0 bridgehead atoms. The van der Waals surface area contributed by atoms with E-state index in [-0.39, 0.29) is 0 Å². The predicted octanol–water partition coefficient (Wildman–Crippen LogP) is -0.831. The average molecular weight is 679 g/mol. The maximum atomic E-state index is 12.3. The third kappa shape index (κ3) is 12.1. The van der Waals surface area contributed by atoms with E-state index in [1.165, 1.54) is 0 Å². The third-order valence-electron chi connectivity index (χ3n) is 6.17. The molecule has 19 nitrogen and oxygen atoms in total. The minimum absolute atomic E-state index is 0.590. The molecule has 10 atom stereocenters. The van der Waals surface area contributed by atoms with Crippen LogP contribution in [0.3, 0.4) is 0 Å². The maximum absolute atomic E-state index is 12.3. The summed E-state index contributed by atoms with van der Waals surface area (Å²) in [4.78, 5) is 96.3. The molecule has 0 aromatic heterocycles. The van der Waals surface area contributed by atoms with Crippen LogP contribution < -0.4 is 0 Å². The van der Waals surface area contributed by atoms with Gasteiger partial charge in [0.1, 0.15) is 31.5 Å². The van der Waals surface area contributed by atoms with Gasteiger partial charge >= 0.3 is 47.8 Å². The van der Waals surface area contributed by atoms with Gasteiger partial charge in [0.2, 0.25) is 12.4 Å². The summed E-state index contributed by atoms with van der Waals surface area (Å²) in [5, 5.41) is 0. The van der Waals surface area contributed by atoms with Crippen LogP contribution in [0, 0.1) is 0 Å². The zero-order valence-electron chi connectivity index (χ0n) is 26.9. The maximum Gasteiger partial charge on any atom is 0.305 e. The minimum atomic E-state index is -1.83. The molecular weight excluding hydrogens is 640 g/mol. The van der Waals surface area contributed by atoms with Crippen LogP contribution in [-0.2, 0) is 90.5 Å². The summed E-state index contributed by atoms with van der Waals surface area (Å²) in [5.74, 6) is -7.02. The average Bonchev–Trinajstić information content (AvgIpc) is 2.91. The lowest BCUT2D eigenvalue weighted by Gasteiger charge is -2.48. The van der Waals surface area contributed by atoms with E-state index in [4.69, 9.17) is 52.1 Å². The Balaban J connectivity index is 2.73. The van der Waals surface area contributed by atoms with Crippen LogP contribution in [0.25, 0.3) is 0 Å². The van der Waals surface area contributed by atoms with Crippen LogP contribution in [-0.4, -0.2) is 122 Å². The number of rotatable bonds is 12. The van der Waals surface area contributed by atoms with E-state index in [9.17, 15) is 38.4 Å². The molecule has 0 aromatic carbocycles. The van der Waals surface area contributed by atoms with E-state index in [2.05, 4.69) is 0 Å². The van der Waals surface area contributed by atoms with Gasteiger partial charge in [0.05, 0.1) is 0 Å². The van der Waals surface area contributed by atoms with Crippen molar-refractivity contribution >= 4 is 47.8 Å². The Bertz CT molecular complexity index is 1200. The Morgan fingerprint density at radius 2 is 0.702 bits per heavy atom. The molecule has 2 aliphatic rings. The highest BCUT2D eigenvalue weighted by Gasteiger charge is 2.58. The van der Waals surface area contributed by atoms with Crippen LogP contribution in [0.5, 0.6) is 0 Å². The monoisotopic (exact) mass is 678 g/mol. The van der Waals surface area contributed by atoms with Crippen molar-refractivity contribution in [3.8, 4) is 0 Å². The molecule has 0 aliphatic carbocycles. The molecule has 264 valence electrons. The second kappa shape index (κ2) is 17.5. The lowest BCUT2D eigenvalue weighted by molar-refractivity contribution is -0.357. The van der Waals surface area contributed by atoms with E-state index >= 15 is 0 Å². The summed E-state index contributed by atoms with van der Waals surface area (Å²) in [6, 6.07) is 0. The largest absolute Gasteiger partial charge is 0.463 e. The highest BCUT2D eigenvalue weighted by molar-refractivity contribution is 5.70. The fourth-order valence-corrected chi connectivity index (χ4v) is 4.73. The number of hydrogen-bond donors (Lipinski definition) is 0. The van der Waals surface area contributed by atoms with E-state index in [0.717, 1.165) is 55.4 Å². The van der Waals surface area contributed by atoms with Crippen molar-refractivity contribution < 1.29 is 90.5 Å². The first-order valence-electron chi connectivity index (χ1n) is 14.2. The molecule has 0 spiro atoms. The highest BCUT2D eigenvalue weighted by Crippen LogP contribution is 2.35. The Morgan fingerprint density at radius 3 is 1.11 bits per heavy atom. The van der Waals surface area contributed by atoms with E-state index in [1.54, 1.807) is 0 Å². The van der Waals surface area contributed by atoms with Gasteiger partial charge in [0, 0.05) is 55.4 Å². The van der Waals surface area contributed by atoms with Gasteiger partial charge in [-0.15, -0.1) is 0 Å². The number of hydrogen-bond acceptors (Lipinski definition) is 19. The quantitative estimate of drug-likeness (QED) is 0.181. The summed E-state index contributed by atoms with van der Waals surface area (Å²) < 4.78 is 60.2. The van der Waals surface area contributed by atoms with Gasteiger partial charge in [-0.05, 0) is 0 Å². The van der Waals surface area contributed by atoms with Gasteiger partial charge in [0.25, 0.3) is 0 Å². The molecule has 0 aromatic rings. The second-order valence-electron chi connectivity index (χ2n) is 10.3. The third-order valence-corrected chi connectivity index (χ3v) is 6.17. The van der Waals surface area contributed by atoms with Gasteiger partial charge in [-0.2, -0.15) is 0 Å². The standard InChI is InChI=1S/C28H38O19/c1-11(29)37-9-19-21(39-13(3)31)23(40-14(4)32)26(43-17(7)35)28(46-19)47-22-20(10-38-12(2)30)45-27(44-18(8)36)25(42-16(6)34)24(22)41-15(5)33/h19-28H,9-10H2,1-8H3/t19?,20?,21-,22-,23?,24?,25?,26?,27-,28-/m1/s1. The molecule has 2 rings (SSSR count). The molecule has 2 aliphatic heterocycles. The Morgan fingerprint density at radius 1 is 0.383 bits per heavy atom. The molecule has 0 N–H and O–H groups in total. The lowest BCUT2D eigenvalue weighted by atomic mass is 9.96. The van der Waals surface area contributed by atoms with E-state index in [0.29, 0.717) is 0 Å². The van der Waals surface area contributed by atoms with Crippen LogP contribution in [0.1, 0.15) is 55.4 Å². The first-order chi connectivity index (χ1) is 21.9. The Labute approximate surface area is 268 Å². The summed E-state index contributed by atoms with van der Waals surface area (Å²) in [6.07, 6.45) is -16.3. The molecule has 19 heteroatoms. The first kappa shape index (κ1) is 38.8. The zero-order valence-corrected chi connectivity index (χ0v) is 26.9. The predicted molar refractivity (Wildman–Crippen MR) is 145 cm³/mol. The molecular formula is C28H38O19. The van der Waals surface area contributed by atoms with Gasteiger partial charge < -0.3 is 52.1 Å². The molecule has 0 saturated carbocycles. The van der Waals surface area contributed by atoms with Crippen LogP contribution >= 0.6 is 0 Å². The zero-order chi connectivity index (χ0) is 35.6. The number of esters is 8. The number of carbonyl (C=O) groups is 8. The van der Waals surface area contributed by atoms with Crippen LogP contribution in [0.2, 0.25) is 0 Å². The molecule has 2 heterocycles. The first-order valence-corrected chi connectivity index (χ1v) is 14.2. The summed E-state index contributed by atoms with van der Waals surface area (Å²) in [7, 11) is 0. The van der Waals surface area contributed by atoms with Crippen molar-refractivity contribution in [2.45, 2.75) is 117 Å². The minimum Gasteiger partial charge on any atom is -0.463 e. The smallest absolute Gasteiger partial charge is 0.305 e. The Hall–Kier alpha value is -4.36. The SMILES string of the molecule is CC(=O)OCC1O[C@H](O[C@@H]2C(COC(C)=O)O[C@@H](OC(C)=O)C(OC(C)=O)C2OC(C)=O)C(OC(C)=O)C(OC(C)=O)[C@@H]1OC(C)=O. The van der Waals surface area contributed by atoms with Gasteiger partial charge in [-0.1, -0.05) is 0 Å². The Kier molecular flexibility index (Phi) is 14.5. The fraction of sp³-hybridized carbons (Fsp3) is 0.714.